The first-order valence-electron chi connectivity index (χ1n) is 9.07. The molecule has 0 bridgehead atoms. The summed E-state index contributed by atoms with van der Waals surface area (Å²) in [6.45, 7) is 1.52. The lowest BCUT2D eigenvalue weighted by atomic mass is 10.1. The van der Waals surface area contributed by atoms with Crippen LogP contribution in [0.3, 0.4) is 0 Å². The van der Waals surface area contributed by atoms with Gasteiger partial charge in [-0.3, -0.25) is 4.79 Å². The van der Waals surface area contributed by atoms with Gasteiger partial charge in [-0.05, 0) is 32.3 Å². The van der Waals surface area contributed by atoms with Gasteiger partial charge in [0.25, 0.3) is 5.91 Å². The molecule has 3 aromatic rings. The highest BCUT2D eigenvalue weighted by atomic mass is 16.7. The van der Waals surface area contributed by atoms with Gasteiger partial charge in [0.05, 0.1) is 6.54 Å². The molecule has 1 aliphatic rings. The predicted molar refractivity (Wildman–Crippen MR) is 104 cm³/mol. The van der Waals surface area contributed by atoms with E-state index in [4.69, 9.17) is 18.6 Å². The number of fused-ring (bicyclic) bond motifs is 2. The maximum absolute atomic E-state index is 12.7. The summed E-state index contributed by atoms with van der Waals surface area (Å²) in [5.41, 5.74) is 1.59. The van der Waals surface area contributed by atoms with Crippen LogP contribution >= 0.6 is 0 Å². The molecule has 7 heteroatoms. The highest BCUT2D eigenvalue weighted by Crippen LogP contribution is 2.35. The molecule has 28 heavy (non-hydrogen) atoms. The number of amides is 1. The third kappa shape index (κ3) is 3.75. The predicted octanol–water partition coefficient (Wildman–Crippen LogP) is 3.03. The maximum Gasteiger partial charge on any atom is 0.287 e. The Morgan fingerprint density at radius 1 is 1.14 bits per heavy atom. The topological polar surface area (TPSA) is 73.2 Å². The number of nitrogens with one attached hydrogen (secondary N) is 1. The van der Waals surface area contributed by atoms with Crippen molar-refractivity contribution in [2.24, 2.45) is 0 Å². The van der Waals surface area contributed by atoms with Gasteiger partial charge in [-0.1, -0.05) is 18.2 Å². The Hall–Kier alpha value is -3.19. The molecule has 0 spiro atoms. The lowest BCUT2D eigenvalue weighted by Gasteiger charge is -2.11. The molecule has 2 aromatic carbocycles. The van der Waals surface area contributed by atoms with Gasteiger partial charge >= 0.3 is 0 Å². The van der Waals surface area contributed by atoms with Crippen molar-refractivity contribution < 1.29 is 23.4 Å². The van der Waals surface area contributed by atoms with E-state index in [1.807, 2.05) is 49.3 Å². The van der Waals surface area contributed by atoms with Crippen LogP contribution in [-0.4, -0.2) is 44.8 Å². The number of nitrogens with zero attached hydrogens (tertiary/aromatic N) is 1. The molecular formula is C21H22N2O5. The number of hydrogen-bond acceptors (Lipinski definition) is 6. The summed E-state index contributed by atoms with van der Waals surface area (Å²) in [7, 11) is 3.92. The molecule has 1 amide bonds. The molecule has 0 atom stereocenters. The van der Waals surface area contributed by atoms with Crippen LogP contribution in [0.5, 0.6) is 17.2 Å². The zero-order chi connectivity index (χ0) is 19.5. The Morgan fingerprint density at radius 2 is 1.96 bits per heavy atom. The molecule has 1 N–H and O–H groups in total. The number of rotatable bonds is 7. The van der Waals surface area contributed by atoms with Crippen molar-refractivity contribution in [2.45, 2.75) is 6.54 Å². The number of benzene rings is 2. The maximum atomic E-state index is 12.7. The van der Waals surface area contributed by atoms with Crippen LogP contribution in [0, 0.1) is 0 Å². The van der Waals surface area contributed by atoms with Crippen molar-refractivity contribution in [3.05, 3.63) is 53.8 Å². The van der Waals surface area contributed by atoms with Crippen LogP contribution in [0.4, 0.5) is 0 Å². The highest BCUT2D eigenvalue weighted by molar-refractivity contribution is 5.99. The van der Waals surface area contributed by atoms with Crippen molar-refractivity contribution in [1.82, 2.24) is 10.2 Å². The van der Waals surface area contributed by atoms with Crippen LogP contribution in [0.15, 0.2) is 46.9 Å². The fraction of sp³-hybridized carbons (Fsp3) is 0.286. The van der Waals surface area contributed by atoms with Gasteiger partial charge in [0.15, 0.2) is 17.3 Å². The molecule has 7 nitrogen and oxygen atoms in total. The summed E-state index contributed by atoms with van der Waals surface area (Å²) in [5.74, 6) is 2.13. The smallest absolute Gasteiger partial charge is 0.287 e. The highest BCUT2D eigenvalue weighted by Gasteiger charge is 2.20. The zero-order valence-corrected chi connectivity index (χ0v) is 15.9. The summed E-state index contributed by atoms with van der Waals surface area (Å²) in [5, 5.41) is 3.82. The van der Waals surface area contributed by atoms with E-state index in [1.54, 1.807) is 12.1 Å². The minimum atomic E-state index is -0.248. The number of carbonyl (C=O) groups excluding carboxylic acids is 1. The molecule has 0 radical (unpaired) electrons. The van der Waals surface area contributed by atoms with Gasteiger partial charge < -0.3 is 28.8 Å². The number of carbonyl (C=O) groups is 1. The summed E-state index contributed by atoms with van der Waals surface area (Å²) < 4.78 is 22.1. The van der Waals surface area contributed by atoms with E-state index in [9.17, 15) is 4.79 Å². The van der Waals surface area contributed by atoms with Crippen molar-refractivity contribution in [3.8, 4) is 17.2 Å². The van der Waals surface area contributed by atoms with Crippen molar-refractivity contribution >= 4 is 16.9 Å². The average Bonchev–Trinajstić information content (AvgIpc) is 3.29. The van der Waals surface area contributed by atoms with Crippen molar-refractivity contribution in [3.63, 3.8) is 0 Å². The summed E-state index contributed by atoms with van der Waals surface area (Å²) >= 11 is 0. The molecule has 0 saturated heterocycles. The normalized spacial score (nSPS) is 12.5. The molecule has 0 aliphatic carbocycles. The number of para-hydroxylation sites is 1. The zero-order valence-electron chi connectivity index (χ0n) is 15.9. The van der Waals surface area contributed by atoms with Gasteiger partial charge in [0.1, 0.15) is 17.9 Å². The van der Waals surface area contributed by atoms with Crippen LogP contribution in [0.1, 0.15) is 16.1 Å². The summed E-state index contributed by atoms with van der Waals surface area (Å²) in [4.78, 5) is 14.7. The van der Waals surface area contributed by atoms with Gasteiger partial charge in [0.2, 0.25) is 6.79 Å². The minimum Gasteiger partial charge on any atom is -0.492 e. The van der Waals surface area contributed by atoms with E-state index >= 15 is 0 Å². The molecule has 0 fully saturated rings. The third-order valence-electron chi connectivity index (χ3n) is 4.38. The second-order valence-corrected chi connectivity index (χ2v) is 6.76. The average molecular weight is 382 g/mol. The number of furan rings is 1. The van der Waals surface area contributed by atoms with Crippen LogP contribution in [0.2, 0.25) is 0 Å². The first kappa shape index (κ1) is 18.2. The van der Waals surface area contributed by atoms with E-state index in [1.165, 1.54) is 0 Å². The summed E-state index contributed by atoms with van der Waals surface area (Å²) in [6.07, 6.45) is 0. The molecule has 2 heterocycles. The van der Waals surface area contributed by atoms with E-state index in [-0.39, 0.29) is 12.7 Å². The minimum absolute atomic E-state index is 0.224. The van der Waals surface area contributed by atoms with Crippen LogP contribution in [-0.2, 0) is 6.54 Å². The van der Waals surface area contributed by atoms with Crippen LogP contribution < -0.4 is 19.5 Å². The molecule has 0 unspecified atom stereocenters. The van der Waals surface area contributed by atoms with Gasteiger partial charge in [-0.2, -0.15) is 0 Å². The third-order valence-corrected chi connectivity index (χ3v) is 4.38. The molecule has 1 aliphatic heterocycles. The van der Waals surface area contributed by atoms with Gasteiger partial charge in [-0.25, -0.2) is 0 Å². The van der Waals surface area contributed by atoms with Gasteiger partial charge in [0, 0.05) is 23.6 Å². The van der Waals surface area contributed by atoms with Crippen molar-refractivity contribution in [2.75, 3.05) is 34.0 Å². The van der Waals surface area contributed by atoms with E-state index < -0.39 is 0 Å². The monoisotopic (exact) mass is 382 g/mol. The second-order valence-electron chi connectivity index (χ2n) is 6.76. The number of hydrogen-bond donors (Lipinski definition) is 1. The fourth-order valence-corrected chi connectivity index (χ4v) is 3.14. The molecule has 146 valence electrons. The number of ether oxygens (including phenoxy) is 3. The first-order valence-corrected chi connectivity index (χ1v) is 9.07. The Labute approximate surface area is 162 Å². The first-order chi connectivity index (χ1) is 13.6. The summed E-state index contributed by atoms with van der Waals surface area (Å²) in [6, 6.07) is 13.1. The molecular weight excluding hydrogens is 360 g/mol. The van der Waals surface area contributed by atoms with Crippen LogP contribution in [0.25, 0.3) is 11.0 Å². The van der Waals surface area contributed by atoms with E-state index in [2.05, 4.69) is 5.32 Å². The lowest BCUT2D eigenvalue weighted by Crippen LogP contribution is -2.29. The second kappa shape index (κ2) is 7.82. The largest absolute Gasteiger partial charge is 0.492 e. The fourth-order valence-electron chi connectivity index (χ4n) is 3.14. The molecule has 1 aromatic heterocycles. The molecule has 0 saturated carbocycles. The SMILES string of the molecule is CN(C)Cc1c(C(=O)NCCOc2ccc3c(c2)OCO3)oc2ccccc12. The van der Waals surface area contributed by atoms with E-state index in [0.717, 1.165) is 10.9 Å². The van der Waals surface area contributed by atoms with Gasteiger partial charge in [-0.15, -0.1) is 0 Å². The standard InChI is InChI=1S/C21H22N2O5/c1-23(2)12-16-15-5-3-4-6-17(15)28-20(16)21(24)22-9-10-25-14-7-8-18-19(11-14)27-13-26-18/h3-8,11H,9-10,12-13H2,1-2H3,(H,22,24). The Morgan fingerprint density at radius 3 is 2.82 bits per heavy atom. The Kier molecular flexibility index (Phi) is 5.08. The lowest BCUT2D eigenvalue weighted by molar-refractivity contribution is 0.0919. The Balaban J connectivity index is 1.38. The Bertz CT molecular complexity index is 996. The van der Waals surface area contributed by atoms with E-state index in [0.29, 0.717) is 48.3 Å². The quantitative estimate of drug-likeness (QED) is 0.633. The molecule has 4 rings (SSSR count). The van der Waals surface area contributed by atoms with Crippen molar-refractivity contribution in [1.29, 1.82) is 0 Å².